The van der Waals surface area contributed by atoms with Gasteiger partial charge in [0.15, 0.2) is 0 Å². The van der Waals surface area contributed by atoms with Crippen molar-refractivity contribution in [3.63, 3.8) is 0 Å². The van der Waals surface area contributed by atoms with Gasteiger partial charge in [-0.2, -0.15) is 5.10 Å². The van der Waals surface area contributed by atoms with Crippen molar-refractivity contribution < 1.29 is 9.53 Å². The Morgan fingerprint density at radius 2 is 1.91 bits per heavy atom. The van der Waals surface area contributed by atoms with Crippen LogP contribution in [0.2, 0.25) is 0 Å². The molecule has 22 heavy (non-hydrogen) atoms. The van der Waals surface area contributed by atoms with Crippen molar-refractivity contribution in [2.45, 2.75) is 64.1 Å². The lowest BCUT2D eigenvalue weighted by molar-refractivity contribution is 0.0492. The Morgan fingerprint density at radius 3 is 2.41 bits per heavy atom. The van der Waals surface area contributed by atoms with Gasteiger partial charge < -0.3 is 21.1 Å². The highest BCUT2D eigenvalue weighted by atomic mass is 16.6. The smallest absolute Gasteiger partial charge is 0.407 e. The highest BCUT2D eigenvalue weighted by molar-refractivity contribution is 5.68. The lowest BCUT2D eigenvalue weighted by Gasteiger charge is -2.31. The third-order valence-electron chi connectivity index (χ3n) is 3.76. The molecule has 0 radical (unpaired) electrons. The van der Waals surface area contributed by atoms with E-state index in [-0.39, 0.29) is 12.1 Å². The Balaban J connectivity index is 1.77. The van der Waals surface area contributed by atoms with Gasteiger partial charge in [-0.1, -0.05) is 0 Å². The van der Waals surface area contributed by atoms with Crippen LogP contribution in [0.3, 0.4) is 0 Å². The predicted octanol–water partition coefficient (Wildman–Crippen LogP) is 2.25. The van der Waals surface area contributed by atoms with Crippen LogP contribution in [0.15, 0.2) is 6.20 Å². The van der Waals surface area contributed by atoms with Gasteiger partial charge in [0, 0.05) is 19.1 Å². The predicted molar refractivity (Wildman–Crippen MR) is 86.7 cm³/mol. The number of nitrogens with zero attached hydrogens (tertiary/aromatic N) is 2. The van der Waals surface area contributed by atoms with E-state index in [2.05, 4.69) is 15.7 Å². The van der Waals surface area contributed by atoms with E-state index in [1.54, 1.807) is 10.9 Å². The van der Waals surface area contributed by atoms with Crippen LogP contribution in [-0.2, 0) is 11.8 Å². The van der Waals surface area contributed by atoms with Crippen LogP contribution >= 0.6 is 0 Å². The molecular formula is C15H27N5O2. The van der Waals surface area contributed by atoms with Crippen LogP contribution in [0, 0.1) is 0 Å². The van der Waals surface area contributed by atoms with E-state index in [9.17, 15) is 4.79 Å². The Bertz CT molecular complexity index is 493. The van der Waals surface area contributed by atoms with E-state index in [4.69, 9.17) is 10.5 Å². The first kappa shape index (κ1) is 16.5. The van der Waals surface area contributed by atoms with Gasteiger partial charge in [-0.25, -0.2) is 4.79 Å². The van der Waals surface area contributed by atoms with Gasteiger partial charge in [-0.3, -0.25) is 4.68 Å². The normalized spacial score (nSPS) is 22.2. The molecule has 0 bridgehead atoms. The minimum absolute atomic E-state index is 0.178. The summed E-state index contributed by atoms with van der Waals surface area (Å²) >= 11 is 0. The molecule has 4 N–H and O–H groups in total. The fourth-order valence-electron chi connectivity index (χ4n) is 2.68. The lowest BCUT2D eigenvalue weighted by atomic mass is 9.91. The van der Waals surface area contributed by atoms with E-state index < -0.39 is 5.60 Å². The Kier molecular flexibility index (Phi) is 4.83. The van der Waals surface area contributed by atoms with Crippen LogP contribution in [0.25, 0.3) is 0 Å². The fraction of sp³-hybridized carbons (Fsp3) is 0.733. The molecule has 1 heterocycles. The largest absolute Gasteiger partial charge is 0.444 e. The summed E-state index contributed by atoms with van der Waals surface area (Å²) in [6, 6.07) is 0.533. The molecule has 1 aliphatic rings. The monoisotopic (exact) mass is 309 g/mol. The van der Waals surface area contributed by atoms with E-state index in [0.717, 1.165) is 31.5 Å². The van der Waals surface area contributed by atoms with Crippen molar-refractivity contribution >= 4 is 17.6 Å². The molecule has 1 aromatic rings. The number of carbonyl (C=O) groups is 1. The van der Waals surface area contributed by atoms with Crippen molar-refractivity contribution in [1.29, 1.82) is 0 Å². The Labute approximate surface area is 131 Å². The molecule has 1 aromatic heterocycles. The molecule has 1 amide bonds. The van der Waals surface area contributed by atoms with Crippen LogP contribution < -0.4 is 16.4 Å². The summed E-state index contributed by atoms with van der Waals surface area (Å²) in [7, 11) is 1.87. The van der Waals surface area contributed by atoms with Gasteiger partial charge in [0.2, 0.25) is 0 Å². The van der Waals surface area contributed by atoms with E-state index in [1.165, 1.54) is 0 Å². The standard InChI is InChI=1S/C15H27N5O2/c1-15(2,3)22-14(21)19-11-7-5-10(6-8-11)18-13-12(16)9-17-20(13)4/h9-11,18H,5-8,16H2,1-4H3,(H,19,21). The number of amides is 1. The van der Waals surface area contributed by atoms with Crippen molar-refractivity contribution in [2.75, 3.05) is 11.1 Å². The number of hydrogen-bond donors (Lipinski definition) is 3. The third kappa shape index (κ3) is 4.54. The zero-order valence-electron chi connectivity index (χ0n) is 13.8. The molecule has 124 valence electrons. The molecule has 2 rings (SSSR count). The molecule has 0 unspecified atom stereocenters. The Hall–Kier alpha value is -1.92. The summed E-state index contributed by atoms with van der Waals surface area (Å²) in [4.78, 5) is 11.8. The van der Waals surface area contributed by atoms with Gasteiger partial charge in [-0.15, -0.1) is 0 Å². The summed E-state index contributed by atoms with van der Waals surface area (Å²) in [5.74, 6) is 0.864. The van der Waals surface area contributed by atoms with Gasteiger partial charge in [0.1, 0.15) is 11.4 Å². The number of anilines is 2. The number of carbonyl (C=O) groups excluding carboxylic acids is 1. The second kappa shape index (κ2) is 6.46. The third-order valence-corrected chi connectivity index (χ3v) is 3.76. The minimum atomic E-state index is -0.458. The molecule has 0 atom stereocenters. The number of aryl methyl sites for hydroxylation is 1. The highest BCUT2D eigenvalue weighted by Gasteiger charge is 2.25. The molecule has 0 aliphatic heterocycles. The molecule has 1 saturated carbocycles. The average molecular weight is 309 g/mol. The summed E-state index contributed by atoms with van der Waals surface area (Å²) in [6.07, 6.45) is 5.12. The number of nitrogen functional groups attached to an aromatic ring is 1. The molecule has 0 saturated heterocycles. The molecule has 0 aromatic carbocycles. The van der Waals surface area contributed by atoms with E-state index >= 15 is 0 Å². The molecule has 1 aliphatic carbocycles. The number of nitrogens with two attached hydrogens (primary N) is 1. The van der Waals surface area contributed by atoms with Crippen molar-refractivity contribution in [2.24, 2.45) is 7.05 Å². The van der Waals surface area contributed by atoms with E-state index in [0.29, 0.717) is 11.7 Å². The molecule has 0 spiro atoms. The molecule has 7 heteroatoms. The topological polar surface area (TPSA) is 94.2 Å². The van der Waals surface area contributed by atoms with Gasteiger partial charge >= 0.3 is 6.09 Å². The first-order chi connectivity index (χ1) is 10.2. The Morgan fingerprint density at radius 1 is 1.32 bits per heavy atom. The quantitative estimate of drug-likeness (QED) is 0.796. The molecule has 1 fully saturated rings. The zero-order valence-corrected chi connectivity index (χ0v) is 13.8. The lowest BCUT2D eigenvalue weighted by Crippen LogP contribution is -2.42. The average Bonchev–Trinajstić information content (AvgIpc) is 2.70. The number of rotatable bonds is 3. The van der Waals surface area contributed by atoms with Gasteiger partial charge in [-0.05, 0) is 46.5 Å². The summed E-state index contributed by atoms with van der Waals surface area (Å²) in [5, 5.41) is 10.5. The number of nitrogens with one attached hydrogen (secondary N) is 2. The number of alkyl carbamates (subject to hydrolysis) is 1. The zero-order chi connectivity index (χ0) is 16.3. The van der Waals surface area contributed by atoms with Crippen molar-refractivity contribution in [3.05, 3.63) is 6.20 Å². The fourth-order valence-corrected chi connectivity index (χ4v) is 2.68. The highest BCUT2D eigenvalue weighted by Crippen LogP contribution is 2.25. The molecule has 7 nitrogen and oxygen atoms in total. The second-order valence-corrected chi connectivity index (χ2v) is 6.91. The molecular weight excluding hydrogens is 282 g/mol. The number of ether oxygens (including phenoxy) is 1. The first-order valence-corrected chi connectivity index (χ1v) is 7.78. The first-order valence-electron chi connectivity index (χ1n) is 7.78. The number of aromatic nitrogens is 2. The van der Waals surface area contributed by atoms with Crippen molar-refractivity contribution in [1.82, 2.24) is 15.1 Å². The maximum Gasteiger partial charge on any atom is 0.407 e. The SMILES string of the molecule is Cn1ncc(N)c1NC1CCC(NC(=O)OC(C)(C)C)CC1. The van der Waals surface area contributed by atoms with Crippen LogP contribution in [-0.4, -0.2) is 33.6 Å². The van der Waals surface area contributed by atoms with Gasteiger partial charge in [0.05, 0.1) is 11.9 Å². The van der Waals surface area contributed by atoms with Crippen LogP contribution in [0.1, 0.15) is 46.5 Å². The van der Waals surface area contributed by atoms with Crippen LogP contribution in [0.4, 0.5) is 16.3 Å². The minimum Gasteiger partial charge on any atom is -0.444 e. The van der Waals surface area contributed by atoms with Crippen LogP contribution in [0.5, 0.6) is 0 Å². The summed E-state index contributed by atoms with van der Waals surface area (Å²) in [6.45, 7) is 5.60. The van der Waals surface area contributed by atoms with Crippen molar-refractivity contribution in [3.8, 4) is 0 Å². The maximum atomic E-state index is 11.8. The van der Waals surface area contributed by atoms with Gasteiger partial charge in [0.25, 0.3) is 0 Å². The van der Waals surface area contributed by atoms with E-state index in [1.807, 2.05) is 27.8 Å². The summed E-state index contributed by atoms with van der Waals surface area (Å²) < 4.78 is 7.04. The summed E-state index contributed by atoms with van der Waals surface area (Å²) in [5.41, 5.74) is 6.10. The second-order valence-electron chi connectivity index (χ2n) is 6.91. The maximum absolute atomic E-state index is 11.8. The number of hydrogen-bond acceptors (Lipinski definition) is 5.